The number of para-hydroxylation sites is 1. The number of phenolic OH excluding ortho intramolecular Hbond substituents is 1. The number of nitrogens with two attached hydrogens (primary N) is 1. The van der Waals surface area contributed by atoms with Crippen molar-refractivity contribution in [2.45, 2.75) is 51.3 Å². The lowest BCUT2D eigenvalue weighted by Crippen LogP contribution is -2.54. The normalized spacial score (nSPS) is 12.6. The molecule has 1 aromatic rings. The molecule has 1 rings (SSSR count). The molecule has 0 saturated heterocycles. The number of primary amides is 1. The van der Waals surface area contributed by atoms with Gasteiger partial charge < -0.3 is 41.0 Å². The zero-order valence-corrected chi connectivity index (χ0v) is 20.8. The summed E-state index contributed by atoms with van der Waals surface area (Å²) in [5.41, 5.74) is 4.32. The summed E-state index contributed by atoms with van der Waals surface area (Å²) < 4.78 is 9.71. The molecule has 13 heteroatoms. The fourth-order valence-electron chi connectivity index (χ4n) is 3.17. The molecule has 0 aliphatic rings. The summed E-state index contributed by atoms with van der Waals surface area (Å²) in [4.78, 5) is 63.0. The third-order valence-corrected chi connectivity index (χ3v) is 4.72. The predicted molar refractivity (Wildman–Crippen MR) is 126 cm³/mol. The molecule has 0 saturated carbocycles. The Morgan fingerprint density at radius 2 is 1.78 bits per heavy atom. The number of aliphatic hydroxyl groups excluding tert-OH is 1. The Morgan fingerprint density at radius 3 is 2.31 bits per heavy atom. The van der Waals surface area contributed by atoms with Gasteiger partial charge in [0.25, 0.3) is 0 Å². The fraction of sp³-hybridized carbons (Fsp3) is 0.522. The number of amides is 4. The summed E-state index contributed by atoms with van der Waals surface area (Å²) in [5.74, 6) is -3.56. The summed E-state index contributed by atoms with van der Waals surface area (Å²) in [5, 5.41) is 24.8. The van der Waals surface area contributed by atoms with Crippen LogP contribution in [0.25, 0.3) is 0 Å². The smallest absolute Gasteiger partial charge is 0.408 e. The standard InChI is InChI=1S/C23H34N4O9/c1-23(2,3)36-22(34)26-15(9-10-17(24)30)21(33)27(11-12-28)19(14-7-5-6-8-16(14)29)20(32)25-13-18(31)35-4/h5-8,15,19,28-29H,9-13H2,1-4H3,(H2,24,30)(H,25,32)(H,26,34). The van der Waals surface area contributed by atoms with Crippen molar-refractivity contribution >= 4 is 29.8 Å². The van der Waals surface area contributed by atoms with Crippen molar-refractivity contribution in [3.8, 4) is 5.75 Å². The summed E-state index contributed by atoms with van der Waals surface area (Å²) >= 11 is 0. The molecular formula is C23H34N4O9. The van der Waals surface area contributed by atoms with Gasteiger partial charge in [0.05, 0.1) is 13.7 Å². The largest absolute Gasteiger partial charge is 0.508 e. The molecule has 0 heterocycles. The number of benzene rings is 1. The monoisotopic (exact) mass is 510 g/mol. The van der Waals surface area contributed by atoms with Gasteiger partial charge in [0.15, 0.2) is 0 Å². The van der Waals surface area contributed by atoms with Gasteiger partial charge in [0.2, 0.25) is 17.7 Å². The summed E-state index contributed by atoms with van der Waals surface area (Å²) in [6.07, 6.45) is -1.47. The molecule has 0 aromatic heterocycles. The SMILES string of the molecule is COC(=O)CNC(=O)C(c1ccccc1O)N(CCO)C(=O)C(CCC(N)=O)NC(=O)OC(C)(C)C. The van der Waals surface area contributed by atoms with Crippen LogP contribution in [0.3, 0.4) is 0 Å². The highest BCUT2D eigenvalue weighted by Crippen LogP contribution is 2.29. The summed E-state index contributed by atoms with van der Waals surface area (Å²) in [7, 11) is 1.13. The van der Waals surface area contributed by atoms with Gasteiger partial charge in [-0.1, -0.05) is 18.2 Å². The van der Waals surface area contributed by atoms with Crippen LogP contribution in [-0.4, -0.2) is 83.3 Å². The topological polar surface area (TPSA) is 198 Å². The number of nitrogens with one attached hydrogen (secondary N) is 2. The van der Waals surface area contributed by atoms with Gasteiger partial charge in [0.1, 0.15) is 30.0 Å². The van der Waals surface area contributed by atoms with E-state index >= 15 is 0 Å². The van der Waals surface area contributed by atoms with E-state index in [0.717, 1.165) is 12.0 Å². The van der Waals surface area contributed by atoms with E-state index in [-0.39, 0.29) is 24.2 Å². The summed E-state index contributed by atoms with van der Waals surface area (Å²) in [6.45, 7) is 3.34. The van der Waals surface area contributed by atoms with Crippen molar-refractivity contribution in [1.29, 1.82) is 0 Å². The highest BCUT2D eigenvalue weighted by atomic mass is 16.6. The van der Waals surface area contributed by atoms with Gasteiger partial charge in [-0.25, -0.2) is 4.79 Å². The molecule has 4 amide bonds. The number of hydrogen-bond acceptors (Lipinski definition) is 9. The number of carbonyl (C=O) groups excluding carboxylic acids is 5. The zero-order chi connectivity index (χ0) is 27.5. The molecule has 2 unspecified atom stereocenters. The quantitative estimate of drug-likeness (QED) is 0.234. The van der Waals surface area contributed by atoms with Crippen LogP contribution in [0, 0.1) is 0 Å². The Balaban J connectivity index is 3.44. The molecule has 2 atom stereocenters. The second kappa shape index (κ2) is 13.9. The number of phenols is 1. The van der Waals surface area contributed by atoms with Crippen LogP contribution in [-0.2, 0) is 28.7 Å². The van der Waals surface area contributed by atoms with E-state index in [2.05, 4.69) is 15.4 Å². The van der Waals surface area contributed by atoms with Crippen LogP contribution in [0.4, 0.5) is 4.79 Å². The van der Waals surface area contributed by atoms with Crippen LogP contribution in [0.15, 0.2) is 24.3 Å². The van der Waals surface area contributed by atoms with Crippen LogP contribution in [0.5, 0.6) is 5.75 Å². The molecule has 1 aromatic carbocycles. The molecule has 36 heavy (non-hydrogen) atoms. The van der Waals surface area contributed by atoms with E-state index in [1.165, 1.54) is 24.3 Å². The second-order valence-electron chi connectivity index (χ2n) is 8.71. The molecule has 0 aliphatic heterocycles. The number of hydrogen-bond donors (Lipinski definition) is 5. The molecule has 0 aliphatic carbocycles. The number of ether oxygens (including phenoxy) is 2. The number of nitrogens with zero attached hydrogens (tertiary/aromatic N) is 1. The molecule has 0 spiro atoms. The number of rotatable bonds is 12. The number of alkyl carbamates (subject to hydrolysis) is 1. The first-order valence-corrected chi connectivity index (χ1v) is 11.1. The van der Waals surface area contributed by atoms with Crippen molar-refractivity contribution in [3.63, 3.8) is 0 Å². The Hall–Kier alpha value is -3.87. The van der Waals surface area contributed by atoms with Crippen molar-refractivity contribution < 1.29 is 43.7 Å². The maximum atomic E-state index is 13.6. The maximum Gasteiger partial charge on any atom is 0.408 e. The second-order valence-corrected chi connectivity index (χ2v) is 8.71. The number of aromatic hydroxyl groups is 1. The molecule has 0 radical (unpaired) electrons. The van der Waals surface area contributed by atoms with Gasteiger partial charge in [-0.15, -0.1) is 0 Å². The number of esters is 1. The average molecular weight is 511 g/mol. The van der Waals surface area contributed by atoms with E-state index in [1.54, 1.807) is 20.8 Å². The first-order valence-electron chi connectivity index (χ1n) is 11.1. The molecule has 0 bridgehead atoms. The van der Waals surface area contributed by atoms with Crippen LogP contribution in [0.1, 0.15) is 45.2 Å². The fourth-order valence-corrected chi connectivity index (χ4v) is 3.17. The van der Waals surface area contributed by atoms with Crippen molar-refractivity contribution in [2.24, 2.45) is 5.73 Å². The van der Waals surface area contributed by atoms with E-state index in [1.807, 2.05) is 0 Å². The Kier molecular flexibility index (Phi) is 11.6. The third-order valence-electron chi connectivity index (χ3n) is 4.72. The minimum atomic E-state index is -1.52. The summed E-state index contributed by atoms with van der Waals surface area (Å²) in [6, 6.07) is 2.80. The number of methoxy groups -OCH3 is 1. The van der Waals surface area contributed by atoms with E-state index in [9.17, 15) is 34.2 Å². The van der Waals surface area contributed by atoms with Crippen LogP contribution in [0.2, 0.25) is 0 Å². The predicted octanol–water partition coefficient (Wildman–Crippen LogP) is -0.298. The molecule has 0 fully saturated rings. The van der Waals surface area contributed by atoms with E-state index < -0.39 is 67.2 Å². The zero-order valence-electron chi connectivity index (χ0n) is 20.8. The van der Waals surface area contributed by atoms with Crippen molar-refractivity contribution in [2.75, 3.05) is 26.8 Å². The van der Waals surface area contributed by atoms with Gasteiger partial charge >= 0.3 is 12.1 Å². The Bertz CT molecular complexity index is 946. The van der Waals surface area contributed by atoms with Gasteiger partial charge in [-0.05, 0) is 33.3 Å². The van der Waals surface area contributed by atoms with Gasteiger partial charge in [-0.2, -0.15) is 0 Å². The van der Waals surface area contributed by atoms with E-state index in [4.69, 9.17) is 10.5 Å². The highest BCUT2D eigenvalue weighted by Gasteiger charge is 2.37. The van der Waals surface area contributed by atoms with Crippen molar-refractivity contribution in [3.05, 3.63) is 29.8 Å². The van der Waals surface area contributed by atoms with Crippen molar-refractivity contribution in [1.82, 2.24) is 15.5 Å². The molecular weight excluding hydrogens is 476 g/mol. The minimum Gasteiger partial charge on any atom is -0.508 e. The Morgan fingerprint density at radius 1 is 1.14 bits per heavy atom. The van der Waals surface area contributed by atoms with E-state index in [0.29, 0.717) is 0 Å². The number of carbonyl (C=O) groups is 5. The minimum absolute atomic E-state index is 0.00687. The van der Waals surface area contributed by atoms with Gasteiger partial charge in [0, 0.05) is 18.5 Å². The Labute approximate surface area is 208 Å². The highest BCUT2D eigenvalue weighted by molar-refractivity contribution is 5.93. The molecule has 200 valence electrons. The van der Waals surface area contributed by atoms with Crippen LogP contribution >= 0.6 is 0 Å². The first kappa shape index (κ1) is 30.2. The molecule has 13 nitrogen and oxygen atoms in total. The van der Waals surface area contributed by atoms with Gasteiger partial charge in [-0.3, -0.25) is 19.2 Å². The first-order chi connectivity index (χ1) is 16.8. The lowest BCUT2D eigenvalue weighted by Gasteiger charge is -2.34. The lowest BCUT2D eigenvalue weighted by atomic mass is 10.0. The number of aliphatic hydroxyl groups is 1. The molecule has 6 N–H and O–H groups in total. The lowest BCUT2D eigenvalue weighted by molar-refractivity contribution is -0.145. The van der Waals surface area contributed by atoms with Crippen LogP contribution < -0.4 is 16.4 Å². The third kappa shape index (κ3) is 9.78. The maximum absolute atomic E-state index is 13.6. The average Bonchev–Trinajstić information content (AvgIpc) is 2.79.